The second kappa shape index (κ2) is 5.47. The van der Waals surface area contributed by atoms with E-state index < -0.39 is 23.6 Å². The third kappa shape index (κ3) is 3.27. The Labute approximate surface area is 108 Å². The van der Waals surface area contributed by atoms with E-state index in [1.165, 1.54) is 12.1 Å². The second-order valence-electron chi connectivity index (χ2n) is 4.14. The van der Waals surface area contributed by atoms with Gasteiger partial charge in [-0.1, -0.05) is 12.1 Å². The monoisotopic (exact) mass is 265 g/mol. The van der Waals surface area contributed by atoms with Crippen LogP contribution in [-0.2, 0) is 20.9 Å². The SMILES string of the molecule is O=C(CC1C(=O)NNC1=O)NCc1ccc(F)cc1. The molecule has 3 amide bonds. The lowest BCUT2D eigenvalue weighted by molar-refractivity contribution is -0.133. The molecule has 7 heteroatoms. The summed E-state index contributed by atoms with van der Waals surface area (Å²) in [6.45, 7) is 0.217. The van der Waals surface area contributed by atoms with Gasteiger partial charge in [0.25, 0.3) is 11.8 Å². The fourth-order valence-electron chi connectivity index (χ4n) is 1.66. The molecule has 0 unspecified atom stereocenters. The molecule has 1 heterocycles. The van der Waals surface area contributed by atoms with Crippen molar-refractivity contribution in [3.8, 4) is 0 Å². The maximum absolute atomic E-state index is 12.7. The predicted molar refractivity (Wildman–Crippen MR) is 62.6 cm³/mol. The fraction of sp³-hybridized carbons (Fsp3) is 0.250. The maximum atomic E-state index is 12.7. The molecule has 0 radical (unpaired) electrons. The van der Waals surface area contributed by atoms with Gasteiger partial charge in [-0.05, 0) is 17.7 Å². The van der Waals surface area contributed by atoms with Crippen molar-refractivity contribution >= 4 is 17.7 Å². The highest BCUT2D eigenvalue weighted by Crippen LogP contribution is 2.08. The van der Waals surface area contributed by atoms with E-state index in [9.17, 15) is 18.8 Å². The largest absolute Gasteiger partial charge is 0.352 e. The van der Waals surface area contributed by atoms with Gasteiger partial charge in [0.2, 0.25) is 5.91 Å². The van der Waals surface area contributed by atoms with Gasteiger partial charge in [-0.2, -0.15) is 0 Å². The molecular weight excluding hydrogens is 253 g/mol. The number of rotatable bonds is 4. The Morgan fingerprint density at radius 3 is 2.32 bits per heavy atom. The zero-order chi connectivity index (χ0) is 13.8. The molecule has 3 N–H and O–H groups in total. The van der Waals surface area contributed by atoms with Crippen LogP contribution in [0.2, 0.25) is 0 Å². The number of hydrogen-bond acceptors (Lipinski definition) is 3. The summed E-state index contributed by atoms with van der Waals surface area (Å²) in [5.74, 6) is -2.78. The summed E-state index contributed by atoms with van der Waals surface area (Å²) in [6.07, 6.45) is -0.209. The molecule has 1 aromatic rings. The van der Waals surface area contributed by atoms with Crippen molar-refractivity contribution < 1.29 is 18.8 Å². The molecule has 1 aliphatic heterocycles. The molecule has 0 aromatic heterocycles. The van der Waals surface area contributed by atoms with E-state index in [2.05, 4.69) is 16.2 Å². The number of nitrogens with one attached hydrogen (secondary N) is 3. The first-order chi connectivity index (χ1) is 9.06. The van der Waals surface area contributed by atoms with Crippen LogP contribution in [0, 0.1) is 11.7 Å². The van der Waals surface area contributed by atoms with Crippen molar-refractivity contribution in [2.24, 2.45) is 5.92 Å². The Hall–Kier alpha value is -2.44. The molecule has 0 saturated carbocycles. The molecule has 1 saturated heterocycles. The quantitative estimate of drug-likeness (QED) is 0.648. The van der Waals surface area contributed by atoms with Crippen molar-refractivity contribution in [2.45, 2.75) is 13.0 Å². The first kappa shape index (κ1) is 13.0. The van der Waals surface area contributed by atoms with Gasteiger partial charge in [-0.15, -0.1) is 0 Å². The maximum Gasteiger partial charge on any atom is 0.251 e. The van der Waals surface area contributed by atoms with Crippen LogP contribution in [0.3, 0.4) is 0 Å². The molecule has 100 valence electrons. The molecule has 0 spiro atoms. The lowest BCUT2D eigenvalue weighted by atomic mass is 10.1. The van der Waals surface area contributed by atoms with Crippen LogP contribution < -0.4 is 16.2 Å². The zero-order valence-corrected chi connectivity index (χ0v) is 9.90. The van der Waals surface area contributed by atoms with Crippen LogP contribution in [0.15, 0.2) is 24.3 Å². The molecular formula is C12H12FN3O3. The van der Waals surface area contributed by atoms with Crippen LogP contribution in [0.4, 0.5) is 4.39 Å². The predicted octanol–water partition coefficient (Wildman–Crippen LogP) is -0.391. The van der Waals surface area contributed by atoms with E-state index in [4.69, 9.17) is 0 Å². The lowest BCUT2D eigenvalue weighted by Gasteiger charge is -2.06. The second-order valence-corrected chi connectivity index (χ2v) is 4.14. The third-order valence-electron chi connectivity index (χ3n) is 2.73. The Kier molecular flexibility index (Phi) is 3.74. The van der Waals surface area contributed by atoms with Crippen LogP contribution >= 0.6 is 0 Å². The first-order valence-electron chi connectivity index (χ1n) is 5.67. The van der Waals surface area contributed by atoms with Crippen molar-refractivity contribution in [1.29, 1.82) is 0 Å². The van der Waals surface area contributed by atoms with E-state index in [0.29, 0.717) is 0 Å². The average Bonchev–Trinajstić information content (AvgIpc) is 2.70. The zero-order valence-electron chi connectivity index (χ0n) is 9.90. The summed E-state index contributed by atoms with van der Waals surface area (Å²) in [5, 5.41) is 2.57. The normalized spacial score (nSPS) is 15.0. The number of amides is 3. The van der Waals surface area contributed by atoms with Gasteiger partial charge in [0.05, 0.1) is 0 Å². The van der Waals surface area contributed by atoms with Gasteiger partial charge in [0, 0.05) is 13.0 Å². The highest BCUT2D eigenvalue weighted by atomic mass is 19.1. The van der Waals surface area contributed by atoms with Gasteiger partial charge in [-0.3, -0.25) is 25.2 Å². The molecule has 0 aliphatic carbocycles. The highest BCUT2D eigenvalue weighted by Gasteiger charge is 2.34. The van der Waals surface area contributed by atoms with E-state index in [1.807, 2.05) is 0 Å². The first-order valence-corrected chi connectivity index (χ1v) is 5.67. The summed E-state index contributed by atoms with van der Waals surface area (Å²) in [4.78, 5) is 34.0. The summed E-state index contributed by atoms with van der Waals surface area (Å²) in [7, 11) is 0. The van der Waals surface area contributed by atoms with Crippen molar-refractivity contribution in [3.63, 3.8) is 0 Å². The summed E-state index contributed by atoms with van der Waals surface area (Å²) >= 11 is 0. The minimum atomic E-state index is -0.992. The molecule has 0 bridgehead atoms. The van der Waals surface area contributed by atoms with Crippen molar-refractivity contribution in [2.75, 3.05) is 0 Å². The van der Waals surface area contributed by atoms with Gasteiger partial charge >= 0.3 is 0 Å². The molecule has 2 rings (SSSR count). The van der Waals surface area contributed by atoms with Crippen molar-refractivity contribution in [1.82, 2.24) is 16.2 Å². The lowest BCUT2D eigenvalue weighted by Crippen LogP contribution is -2.30. The van der Waals surface area contributed by atoms with Gasteiger partial charge < -0.3 is 5.32 Å². The van der Waals surface area contributed by atoms with Crippen LogP contribution in [0.5, 0.6) is 0 Å². The number of carbonyl (C=O) groups excluding carboxylic acids is 3. The minimum absolute atomic E-state index is 0.209. The summed E-state index contributed by atoms with van der Waals surface area (Å²) in [5.41, 5.74) is 5.02. The van der Waals surface area contributed by atoms with Crippen LogP contribution in [-0.4, -0.2) is 17.7 Å². The smallest absolute Gasteiger partial charge is 0.251 e. The molecule has 6 nitrogen and oxygen atoms in total. The van der Waals surface area contributed by atoms with Crippen LogP contribution in [0.1, 0.15) is 12.0 Å². The molecule has 1 fully saturated rings. The van der Waals surface area contributed by atoms with E-state index in [-0.39, 0.29) is 18.8 Å². The van der Waals surface area contributed by atoms with Gasteiger partial charge in [-0.25, -0.2) is 4.39 Å². The van der Waals surface area contributed by atoms with Crippen molar-refractivity contribution in [3.05, 3.63) is 35.6 Å². The molecule has 1 aromatic carbocycles. The summed E-state index contributed by atoms with van der Waals surface area (Å²) < 4.78 is 12.7. The topological polar surface area (TPSA) is 87.3 Å². The number of hydrazine groups is 1. The Bertz CT molecular complexity index is 499. The highest BCUT2D eigenvalue weighted by molar-refractivity contribution is 6.07. The number of carbonyl (C=O) groups is 3. The number of halogens is 1. The van der Waals surface area contributed by atoms with Gasteiger partial charge in [0.15, 0.2) is 0 Å². The van der Waals surface area contributed by atoms with E-state index in [0.717, 1.165) is 5.56 Å². The van der Waals surface area contributed by atoms with Gasteiger partial charge in [0.1, 0.15) is 11.7 Å². The Morgan fingerprint density at radius 2 is 1.74 bits per heavy atom. The summed E-state index contributed by atoms with van der Waals surface area (Å²) in [6, 6.07) is 5.67. The number of benzene rings is 1. The van der Waals surface area contributed by atoms with E-state index in [1.54, 1.807) is 12.1 Å². The Balaban J connectivity index is 1.83. The standard InChI is InChI=1S/C12H12FN3O3/c13-8-3-1-7(2-4-8)6-14-10(17)5-9-11(18)15-16-12(9)19/h1-4,9H,5-6H2,(H,14,17)(H,15,18)(H,16,19). The minimum Gasteiger partial charge on any atom is -0.352 e. The van der Waals surface area contributed by atoms with E-state index >= 15 is 0 Å². The molecule has 19 heavy (non-hydrogen) atoms. The molecule has 1 aliphatic rings. The fourth-order valence-corrected chi connectivity index (χ4v) is 1.66. The Morgan fingerprint density at radius 1 is 1.16 bits per heavy atom. The average molecular weight is 265 g/mol. The third-order valence-corrected chi connectivity index (χ3v) is 2.73. The number of hydrogen-bond donors (Lipinski definition) is 3. The van der Waals surface area contributed by atoms with Crippen LogP contribution in [0.25, 0.3) is 0 Å². The molecule has 0 atom stereocenters.